The number of hydrogen-bond donors (Lipinski definition) is 2. The zero-order valence-corrected chi connectivity index (χ0v) is 20.5. The molecule has 3 N–H and O–H groups in total. The van der Waals surface area contributed by atoms with E-state index in [1.807, 2.05) is 42.5 Å². The lowest BCUT2D eigenvalue weighted by atomic mass is 9.89. The topological polar surface area (TPSA) is 89.4 Å². The summed E-state index contributed by atoms with van der Waals surface area (Å²) < 4.78 is 8.29. The molecule has 3 heterocycles. The number of nitrogens with zero attached hydrogens (tertiary/aromatic N) is 4. The molecule has 2 aromatic carbocycles. The fourth-order valence-electron chi connectivity index (χ4n) is 6.14. The van der Waals surface area contributed by atoms with Crippen LogP contribution in [0.1, 0.15) is 44.6 Å². The Kier molecular flexibility index (Phi) is 6.34. The van der Waals surface area contributed by atoms with E-state index >= 15 is 0 Å². The molecule has 1 saturated carbocycles. The van der Waals surface area contributed by atoms with E-state index in [0.717, 1.165) is 72.3 Å². The molecule has 4 aromatic rings. The number of likely N-dealkylation sites (tertiary alicyclic amines) is 1. The summed E-state index contributed by atoms with van der Waals surface area (Å²) in [6.07, 6.45) is 10.6. The highest BCUT2D eigenvalue weighted by molar-refractivity contribution is 6.00. The molecule has 7 nitrogen and oxygen atoms in total. The molecule has 2 aromatic heterocycles. The summed E-state index contributed by atoms with van der Waals surface area (Å²) in [5, 5.41) is 10.7. The van der Waals surface area contributed by atoms with Gasteiger partial charge in [0.2, 0.25) is 0 Å². The number of rotatable bonds is 6. The van der Waals surface area contributed by atoms with Crippen LogP contribution >= 0.6 is 0 Å². The zero-order valence-electron chi connectivity index (χ0n) is 20.5. The molecule has 1 saturated heterocycles. The second-order valence-electron chi connectivity index (χ2n) is 10.0. The lowest BCUT2D eigenvalue weighted by Gasteiger charge is -2.38. The number of fused-ring (bicyclic) bond motifs is 1. The van der Waals surface area contributed by atoms with Crippen molar-refractivity contribution in [1.29, 1.82) is 0 Å². The second kappa shape index (κ2) is 9.91. The number of aliphatic hydroxyl groups excluding tert-OH is 1. The van der Waals surface area contributed by atoms with Crippen LogP contribution in [0.15, 0.2) is 67.1 Å². The van der Waals surface area contributed by atoms with Gasteiger partial charge in [-0.2, -0.15) is 0 Å². The first-order chi connectivity index (χ1) is 17.7. The van der Waals surface area contributed by atoms with Crippen molar-refractivity contribution in [3.8, 4) is 22.6 Å². The van der Waals surface area contributed by atoms with Crippen molar-refractivity contribution in [2.45, 2.75) is 56.7 Å². The van der Waals surface area contributed by atoms with Crippen molar-refractivity contribution < 1.29 is 9.84 Å². The zero-order chi connectivity index (χ0) is 24.5. The average Bonchev–Trinajstić information content (AvgIpc) is 3.56. The first-order valence-electron chi connectivity index (χ1n) is 13.0. The number of aromatic nitrogens is 3. The summed E-state index contributed by atoms with van der Waals surface area (Å²) in [6.45, 7) is 1.39. The van der Waals surface area contributed by atoms with E-state index in [2.05, 4.69) is 37.8 Å². The van der Waals surface area contributed by atoms with Crippen LogP contribution in [-0.4, -0.2) is 49.8 Å². The molecule has 2 aliphatic rings. The van der Waals surface area contributed by atoms with Gasteiger partial charge >= 0.3 is 0 Å². The van der Waals surface area contributed by atoms with Gasteiger partial charge in [-0.15, -0.1) is 0 Å². The summed E-state index contributed by atoms with van der Waals surface area (Å²) in [7, 11) is 0. The van der Waals surface area contributed by atoms with Gasteiger partial charge in [0.05, 0.1) is 12.0 Å². The van der Waals surface area contributed by atoms with Crippen LogP contribution in [0.3, 0.4) is 0 Å². The Morgan fingerprint density at radius 1 is 0.889 bits per heavy atom. The monoisotopic (exact) mass is 483 g/mol. The number of nitrogen functional groups attached to an aromatic ring is 1. The molecule has 0 amide bonds. The van der Waals surface area contributed by atoms with Crippen molar-refractivity contribution in [1.82, 2.24) is 19.4 Å². The van der Waals surface area contributed by atoms with E-state index in [9.17, 15) is 5.11 Å². The van der Waals surface area contributed by atoms with Crippen LogP contribution in [0, 0.1) is 0 Å². The molecule has 0 spiro atoms. The molecule has 6 rings (SSSR count). The average molecular weight is 484 g/mol. The first kappa shape index (κ1) is 23.0. The van der Waals surface area contributed by atoms with Crippen molar-refractivity contribution >= 4 is 16.9 Å². The van der Waals surface area contributed by atoms with Crippen LogP contribution in [0.5, 0.6) is 11.5 Å². The smallest absolute Gasteiger partial charge is 0.146 e. The molecule has 0 unspecified atom stereocenters. The van der Waals surface area contributed by atoms with E-state index in [1.54, 1.807) is 6.33 Å². The Morgan fingerprint density at radius 2 is 1.61 bits per heavy atom. The molecular formula is C29H33N5O2. The lowest BCUT2D eigenvalue weighted by molar-refractivity contribution is 0.0891. The van der Waals surface area contributed by atoms with Crippen molar-refractivity contribution in [2.24, 2.45) is 0 Å². The SMILES string of the molecule is Nc1ncnc2c1c(-c1ccc(Oc3ccccc3)cc1)cn2[C@H]1CC[C@H](N2CCC[C@H]2CO)CC1. The largest absolute Gasteiger partial charge is 0.457 e. The van der Waals surface area contributed by atoms with Gasteiger partial charge in [-0.25, -0.2) is 9.97 Å². The van der Waals surface area contributed by atoms with E-state index in [1.165, 1.54) is 6.42 Å². The highest BCUT2D eigenvalue weighted by atomic mass is 16.5. The van der Waals surface area contributed by atoms with E-state index < -0.39 is 0 Å². The Bertz CT molecular complexity index is 1310. The third-order valence-corrected chi connectivity index (χ3v) is 7.94. The Balaban J connectivity index is 1.25. The highest BCUT2D eigenvalue weighted by Gasteiger charge is 2.34. The van der Waals surface area contributed by atoms with Crippen LogP contribution < -0.4 is 10.5 Å². The van der Waals surface area contributed by atoms with Gasteiger partial charge in [0.25, 0.3) is 0 Å². The van der Waals surface area contributed by atoms with Crippen LogP contribution in [0.4, 0.5) is 5.82 Å². The predicted octanol–water partition coefficient (Wildman–Crippen LogP) is 5.41. The number of aliphatic hydroxyl groups is 1. The molecule has 1 atom stereocenters. The number of hydrogen-bond acceptors (Lipinski definition) is 6. The van der Waals surface area contributed by atoms with Crippen molar-refractivity contribution in [3.05, 3.63) is 67.1 Å². The summed E-state index contributed by atoms with van der Waals surface area (Å²) in [5.74, 6) is 2.11. The van der Waals surface area contributed by atoms with Gasteiger partial charge in [-0.3, -0.25) is 4.90 Å². The van der Waals surface area contributed by atoms with Gasteiger partial charge in [-0.05, 0) is 74.9 Å². The number of ether oxygens (including phenoxy) is 1. The van der Waals surface area contributed by atoms with Crippen molar-refractivity contribution in [2.75, 3.05) is 18.9 Å². The molecule has 0 bridgehead atoms. The van der Waals surface area contributed by atoms with Crippen LogP contribution in [-0.2, 0) is 0 Å². The highest BCUT2D eigenvalue weighted by Crippen LogP contribution is 2.40. The number of benzene rings is 2. The van der Waals surface area contributed by atoms with Gasteiger partial charge in [0.1, 0.15) is 29.3 Å². The van der Waals surface area contributed by atoms with Crippen LogP contribution in [0.2, 0.25) is 0 Å². The summed E-state index contributed by atoms with van der Waals surface area (Å²) in [6, 6.07) is 19.2. The maximum Gasteiger partial charge on any atom is 0.146 e. The van der Waals surface area contributed by atoms with Gasteiger partial charge < -0.3 is 20.1 Å². The molecule has 1 aliphatic heterocycles. The fraction of sp³-hybridized carbons (Fsp3) is 0.379. The Labute approximate surface area is 211 Å². The molecule has 2 fully saturated rings. The Morgan fingerprint density at radius 3 is 2.36 bits per heavy atom. The van der Waals surface area contributed by atoms with Crippen LogP contribution in [0.25, 0.3) is 22.2 Å². The maximum atomic E-state index is 9.76. The third-order valence-electron chi connectivity index (χ3n) is 7.94. The molecule has 186 valence electrons. The quantitative estimate of drug-likeness (QED) is 0.381. The fourth-order valence-corrected chi connectivity index (χ4v) is 6.14. The van der Waals surface area contributed by atoms with E-state index in [4.69, 9.17) is 10.5 Å². The molecule has 1 aliphatic carbocycles. The molecule has 0 radical (unpaired) electrons. The molecule has 36 heavy (non-hydrogen) atoms. The van der Waals surface area contributed by atoms with E-state index in [-0.39, 0.29) is 6.61 Å². The standard InChI is InChI=1S/C29H33N5O2/c30-28-27-26(20-8-14-25(15-9-20)36-24-6-2-1-3-7-24)17-34(29(27)32-19-31-28)22-12-10-21(11-13-22)33-16-4-5-23(33)18-35/h1-3,6-9,14-15,17,19,21-23,35H,4-5,10-13,16,18H2,(H2,30,31,32)/t21-,22-,23-/m0/s1. The summed E-state index contributed by atoms with van der Waals surface area (Å²) in [5.41, 5.74) is 9.41. The number of para-hydroxylation sites is 1. The predicted molar refractivity (Wildman–Crippen MR) is 142 cm³/mol. The third kappa shape index (κ3) is 4.33. The Hall–Kier alpha value is -3.42. The van der Waals surface area contributed by atoms with Gasteiger partial charge in [0, 0.05) is 29.9 Å². The van der Waals surface area contributed by atoms with Gasteiger partial charge in [-0.1, -0.05) is 30.3 Å². The van der Waals surface area contributed by atoms with E-state index in [0.29, 0.717) is 23.9 Å². The number of nitrogens with two attached hydrogens (primary N) is 1. The second-order valence-corrected chi connectivity index (χ2v) is 10.0. The van der Waals surface area contributed by atoms with Gasteiger partial charge in [0.15, 0.2) is 0 Å². The molecule has 7 heteroatoms. The minimum absolute atomic E-state index is 0.275. The minimum atomic E-state index is 0.275. The summed E-state index contributed by atoms with van der Waals surface area (Å²) >= 11 is 0. The first-order valence-corrected chi connectivity index (χ1v) is 13.0. The lowest BCUT2D eigenvalue weighted by Crippen LogP contribution is -2.42. The normalized spacial score (nSPS) is 22.8. The molecular weight excluding hydrogens is 450 g/mol. The number of anilines is 1. The minimum Gasteiger partial charge on any atom is -0.457 e. The maximum absolute atomic E-state index is 9.76. The summed E-state index contributed by atoms with van der Waals surface area (Å²) in [4.78, 5) is 11.5. The van der Waals surface area contributed by atoms with Crippen molar-refractivity contribution in [3.63, 3.8) is 0 Å².